The van der Waals surface area contributed by atoms with E-state index in [1.165, 1.54) is 0 Å². The first-order valence-corrected chi connectivity index (χ1v) is 8.66. The zero-order valence-corrected chi connectivity index (χ0v) is 14.7. The van der Waals surface area contributed by atoms with Crippen LogP contribution in [0.15, 0.2) is 48.7 Å². The monoisotopic (exact) mass is 345 g/mol. The van der Waals surface area contributed by atoms with E-state index in [0.29, 0.717) is 11.5 Å². The second kappa shape index (κ2) is 6.55. The third kappa shape index (κ3) is 2.90. The average molecular weight is 345 g/mol. The average Bonchev–Trinajstić information content (AvgIpc) is 2.97. The van der Waals surface area contributed by atoms with Crippen LogP contribution >= 0.6 is 0 Å². The Morgan fingerprint density at radius 2 is 2.08 bits per heavy atom. The van der Waals surface area contributed by atoms with E-state index in [4.69, 9.17) is 4.98 Å². The van der Waals surface area contributed by atoms with E-state index < -0.39 is 0 Å². The van der Waals surface area contributed by atoms with Crippen LogP contribution in [0.25, 0.3) is 21.9 Å². The molecule has 3 heterocycles. The van der Waals surface area contributed by atoms with Crippen molar-refractivity contribution in [1.82, 2.24) is 19.7 Å². The Morgan fingerprint density at radius 1 is 1.19 bits per heavy atom. The highest BCUT2D eigenvalue weighted by molar-refractivity contribution is 6.08. The largest absolute Gasteiger partial charge is 0.303 e. The van der Waals surface area contributed by atoms with Crippen molar-refractivity contribution in [3.63, 3.8) is 0 Å². The standard InChI is InChI=1S/C20H19N5O/c1-3-10-25-19-15(12-14-8-7-13(2)11-17(14)22-19)18(24-25)23-20(26)16-6-4-5-9-21-16/h4-9,11-12H,3,10H2,1-2H3,(H,23,24,26). The minimum atomic E-state index is -0.280. The fraction of sp³-hybridized carbons (Fsp3) is 0.200. The molecule has 0 aliphatic rings. The van der Waals surface area contributed by atoms with E-state index in [1.54, 1.807) is 24.4 Å². The number of hydrogen-bond donors (Lipinski definition) is 1. The highest BCUT2D eigenvalue weighted by Gasteiger charge is 2.16. The van der Waals surface area contributed by atoms with E-state index in [1.807, 2.05) is 23.7 Å². The van der Waals surface area contributed by atoms with Gasteiger partial charge in [-0.1, -0.05) is 25.1 Å². The molecule has 0 unspecified atom stereocenters. The van der Waals surface area contributed by atoms with Crippen molar-refractivity contribution in [2.45, 2.75) is 26.8 Å². The number of anilines is 1. The normalized spacial score (nSPS) is 11.2. The molecule has 0 aliphatic carbocycles. The van der Waals surface area contributed by atoms with Crippen LogP contribution in [0.4, 0.5) is 5.82 Å². The van der Waals surface area contributed by atoms with Gasteiger partial charge in [-0.25, -0.2) is 9.67 Å². The molecule has 0 spiro atoms. The van der Waals surface area contributed by atoms with Gasteiger partial charge in [0.1, 0.15) is 5.69 Å². The van der Waals surface area contributed by atoms with Gasteiger partial charge < -0.3 is 5.32 Å². The molecule has 1 N–H and O–H groups in total. The van der Waals surface area contributed by atoms with Gasteiger partial charge in [-0.2, -0.15) is 5.10 Å². The second-order valence-electron chi connectivity index (χ2n) is 6.30. The summed E-state index contributed by atoms with van der Waals surface area (Å²) in [4.78, 5) is 21.4. The van der Waals surface area contributed by atoms with Crippen molar-refractivity contribution in [1.29, 1.82) is 0 Å². The second-order valence-corrected chi connectivity index (χ2v) is 6.30. The van der Waals surface area contributed by atoms with Crippen molar-refractivity contribution in [3.05, 3.63) is 59.9 Å². The predicted octanol–water partition coefficient (Wildman–Crippen LogP) is 3.95. The molecule has 26 heavy (non-hydrogen) atoms. The van der Waals surface area contributed by atoms with Crippen LogP contribution in [0, 0.1) is 6.92 Å². The number of hydrogen-bond acceptors (Lipinski definition) is 4. The smallest absolute Gasteiger partial charge is 0.275 e. The number of pyridine rings is 2. The van der Waals surface area contributed by atoms with Gasteiger partial charge in [0.05, 0.1) is 10.9 Å². The summed E-state index contributed by atoms with van der Waals surface area (Å²) in [7, 11) is 0. The van der Waals surface area contributed by atoms with E-state index in [9.17, 15) is 4.79 Å². The number of aryl methyl sites for hydroxylation is 2. The Bertz CT molecular complexity index is 1100. The molecule has 130 valence electrons. The van der Waals surface area contributed by atoms with Gasteiger partial charge in [0.2, 0.25) is 0 Å². The molecule has 3 aromatic heterocycles. The van der Waals surface area contributed by atoms with Gasteiger partial charge >= 0.3 is 0 Å². The van der Waals surface area contributed by atoms with Gasteiger partial charge in [-0.05, 0) is 43.2 Å². The summed E-state index contributed by atoms with van der Waals surface area (Å²) in [5.41, 5.74) is 3.23. The SMILES string of the molecule is CCCn1nc(NC(=O)c2ccccn2)c2cc3ccc(C)cc3nc21. The maximum Gasteiger partial charge on any atom is 0.275 e. The van der Waals surface area contributed by atoms with Crippen molar-refractivity contribution in [3.8, 4) is 0 Å². The highest BCUT2D eigenvalue weighted by atomic mass is 16.2. The molecule has 6 heteroatoms. The number of carbonyl (C=O) groups is 1. The lowest BCUT2D eigenvalue weighted by atomic mass is 10.1. The van der Waals surface area contributed by atoms with E-state index in [-0.39, 0.29) is 5.91 Å². The molecule has 0 saturated carbocycles. The Hall–Kier alpha value is -3.28. The predicted molar refractivity (Wildman–Crippen MR) is 102 cm³/mol. The van der Waals surface area contributed by atoms with Crippen LogP contribution in [0.3, 0.4) is 0 Å². The number of amides is 1. The van der Waals surface area contributed by atoms with Gasteiger partial charge in [0, 0.05) is 18.1 Å². The van der Waals surface area contributed by atoms with Crippen molar-refractivity contribution in [2.24, 2.45) is 0 Å². The summed E-state index contributed by atoms with van der Waals surface area (Å²) in [5.74, 6) is 0.233. The van der Waals surface area contributed by atoms with Crippen LogP contribution in [0.2, 0.25) is 0 Å². The Kier molecular flexibility index (Phi) is 4.08. The zero-order valence-electron chi connectivity index (χ0n) is 14.7. The van der Waals surface area contributed by atoms with Crippen LogP contribution in [0.1, 0.15) is 29.4 Å². The van der Waals surface area contributed by atoms with Gasteiger partial charge in [0.25, 0.3) is 5.91 Å². The summed E-state index contributed by atoms with van der Waals surface area (Å²) >= 11 is 0. The first-order chi connectivity index (χ1) is 12.7. The van der Waals surface area contributed by atoms with Crippen LogP contribution in [-0.2, 0) is 6.54 Å². The number of carbonyl (C=O) groups excluding carboxylic acids is 1. The van der Waals surface area contributed by atoms with Crippen LogP contribution in [-0.4, -0.2) is 25.7 Å². The lowest BCUT2D eigenvalue weighted by Crippen LogP contribution is -2.14. The van der Waals surface area contributed by atoms with Crippen LogP contribution in [0.5, 0.6) is 0 Å². The van der Waals surface area contributed by atoms with Crippen LogP contribution < -0.4 is 5.32 Å². The molecule has 0 atom stereocenters. The number of benzene rings is 1. The molecule has 6 nitrogen and oxygen atoms in total. The lowest BCUT2D eigenvalue weighted by molar-refractivity contribution is 0.102. The first kappa shape index (κ1) is 16.2. The molecule has 4 aromatic rings. The van der Waals surface area contributed by atoms with Crippen molar-refractivity contribution >= 4 is 33.7 Å². The number of fused-ring (bicyclic) bond motifs is 2. The van der Waals surface area contributed by atoms with E-state index in [2.05, 4.69) is 34.5 Å². The molecular formula is C20H19N5O. The van der Waals surface area contributed by atoms with Gasteiger partial charge in [-0.3, -0.25) is 9.78 Å². The fourth-order valence-corrected chi connectivity index (χ4v) is 2.99. The summed E-state index contributed by atoms with van der Waals surface area (Å²) < 4.78 is 1.85. The topological polar surface area (TPSA) is 72.7 Å². The molecule has 0 fully saturated rings. The molecule has 0 radical (unpaired) electrons. The number of nitrogens with one attached hydrogen (secondary N) is 1. The number of nitrogens with zero attached hydrogens (tertiary/aromatic N) is 4. The molecule has 0 aliphatic heterocycles. The third-order valence-electron chi connectivity index (χ3n) is 4.24. The van der Waals surface area contributed by atoms with Gasteiger partial charge in [-0.15, -0.1) is 0 Å². The molecule has 4 rings (SSSR count). The minimum absolute atomic E-state index is 0.280. The zero-order chi connectivity index (χ0) is 18.1. The summed E-state index contributed by atoms with van der Waals surface area (Å²) in [6.07, 6.45) is 2.53. The Morgan fingerprint density at radius 3 is 2.85 bits per heavy atom. The van der Waals surface area contributed by atoms with Crippen molar-refractivity contribution < 1.29 is 4.79 Å². The maximum atomic E-state index is 12.5. The van der Waals surface area contributed by atoms with Gasteiger partial charge in [0.15, 0.2) is 11.5 Å². The Labute approximate surface area is 150 Å². The summed E-state index contributed by atoms with van der Waals surface area (Å²) in [6, 6.07) is 13.4. The molecule has 1 aromatic carbocycles. The maximum absolute atomic E-state index is 12.5. The quantitative estimate of drug-likeness (QED) is 0.608. The molecule has 0 saturated heterocycles. The molecule has 0 bridgehead atoms. The van der Waals surface area contributed by atoms with E-state index >= 15 is 0 Å². The Balaban J connectivity index is 1.83. The third-order valence-corrected chi connectivity index (χ3v) is 4.24. The van der Waals surface area contributed by atoms with Crippen molar-refractivity contribution in [2.75, 3.05) is 5.32 Å². The number of rotatable bonds is 4. The minimum Gasteiger partial charge on any atom is -0.303 e. The first-order valence-electron chi connectivity index (χ1n) is 8.66. The fourth-order valence-electron chi connectivity index (χ4n) is 2.99. The van der Waals surface area contributed by atoms with E-state index in [0.717, 1.165) is 40.5 Å². The number of aromatic nitrogens is 4. The summed E-state index contributed by atoms with van der Waals surface area (Å²) in [6.45, 7) is 4.87. The molecule has 1 amide bonds. The lowest BCUT2D eigenvalue weighted by Gasteiger charge is -2.03. The molecular weight excluding hydrogens is 326 g/mol. The highest BCUT2D eigenvalue weighted by Crippen LogP contribution is 2.27. The summed E-state index contributed by atoms with van der Waals surface area (Å²) in [5, 5.41) is 9.32.